The van der Waals surface area contributed by atoms with E-state index in [1.807, 2.05) is 19.9 Å². The predicted octanol–water partition coefficient (Wildman–Crippen LogP) is 4.44. The number of nitro groups is 1. The van der Waals surface area contributed by atoms with Gasteiger partial charge >= 0.3 is 0 Å². The van der Waals surface area contributed by atoms with Crippen molar-refractivity contribution in [3.8, 4) is 0 Å². The molecule has 0 spiro atoms. The molecule has 1 heterocycles. The standard InChI is InChI=1S/C20H20ClN3O4/c1-12(2)11-23-17-7-5-15(9-13(17)3-8-19(23)25)22-20(26)16-10-14(21)4-6-18(16)24(27)28/h4-7,9-10,12H,3,8,11H2,1-2H3,(H,22,26). The Labute approximate surface area is 167 Å². The first-order valence-electron chi connectivity index (χ1n) is 8.95. The van der Waals surface area contributed by atoms with E-state index >= 15 is 0 Å². The first-order chi connectivity index (χ1) is 13.3. The van der Waals surface area contributed by atoms with E-state index in [0.29, 0.717) is 31.0 Å². The van der Waals surface area contributed by atoms with E-state index in [4.69, 9.17) is 11.6 Å². The molecule has 2 amide bonds. The number of nitrogens with zero attached hydrogens (tertiary/aromatic N) is 2. The summed E-state index contributed by atoms with van der Waals surface area (Å²) in [5, 5.41) is 14.1. The van der Waals surface area contributed by atoms with Gasteiger partial charge in [-0.05, 0) is 48.2 Å². The molecule has 0 aromatic heterocycles. The topological polar surface area (TPSA) is 92.6 Å². The number of halogens is 1. The number of hydrogen-bond acceptors (Lipinski definition) is 4. The van der Waals surface area contributed by atoms with Gasteiger partial charge in [0, 0.05) is 35.4 Å². The summed E-state index contributed by atoms with van der Waals surface area (Å²) in [5.41, 5.74) is 1.90. The van der Waals surface area contributed by atoms with Gasteiger partial charge in [-0.1, -0.05) is 25.4 Å². The average Bonchev–Trinajstić information content (AvgIpc) is 2.63. The summed E-state index contributed by atoms with van der Waals surface area (Å²) in [6.07, 6.45) is 1.00. The molecule has 0 bridgehead atoms. The molecule has 2 aromatic carbocycles. The number of nitro benzene ring substituents is 1. The van der Waals surface area contributed by atoms with Crippen LogP contribution in [0.5, 0.6) is 0 Å². The van der Waals surface area contributed by atoms with Crippen molar-refractivity contribution in [2.24, 2.45) is 5.92 Å². The number of carbonyl (C=O) groups excluding carboxylic acids is 2. The van der Waals surface area contributed by atoms with Crippen molar-refractivity contribution in [3.63, 3.8) is 0 Å². The highest BCUT2D eigenvalue weighted by Crippen LogP contribution is 2.31. The number of carbonyl (C=O) groups is 2. The molecule has 0 unspecified atom stereocenters. The maximum Gasteiger partial charge on any atom is 0.282 e. The minimum Gasteiger partial charge on any atom is -0.322 e. The third kappa shape index (κ3) is 4.14. The summed E-state index contributed by atoms with van der Waals surface area (Å²) >= 11 is 5.89. The third-order valence-electron chi connectivity index (χ3n) is 4.49. The fourth-order valence-electron chi connectivity index (χ4n) is 3.25. The normalized spacial score (nSPS) is 13.4. The number of amides is 2. The third-order valence-corrected chi connectivity index (χ3v) is 4.72. The second-order valence-corrected chi connectivity index (χ2v) is 7.55. The summed E-state index contributed by atoms with van der Waals surface area (Å²) < 4.78 is 0. The monoisotopic (exact) mass is 401 g/mol. The van der Waals surface area contributed by atoms with Crippen molar-refractivity contribution >= 4 is 40.5 Å². The number of fused-ring (bicyclic) bond motifs is 1. The second-order valence-electron chi connectivity index (χ2n) is 7.11. The Balaban J connectivity index is 1.87. The van der Waals surface area contributed by atoms with Crippen molar-refractivity contribution in [1.29, 1.82) is 0 Å². The first kappa shape index (κ1) is 19.8. The van der Waals surface area contributed by atoms with Gasteiger partial charge in [-0.15, -0.1) is 0 Å². The van der Waals surface area contributed by atoms with Crippen LogP contribution < -0.4 is 10.2 Å². The minimum absolute atomic E-state index is 0.0903. The van der Waals surface area contributed by atoms with E-state index in [0.717, 1.165) is 11.3 Å². The Bertz CT molecular complexity index is 958. The first-order valence-corrected chi connectivity index (χ1v) is 9.32. The number of hydrogen-bond donors (Lipinski definition) is 1. The molecular formula is C20H20ClN3O4. The molecule has 8 heteroatoms. The molecule has 28 heavy (non-hydrogen) atoms. The highest BCUT2D eigenvalue weighted by molar-refractivity contribution is 6.31. The van der Waals surface area contributed by atoms with Crippen LogP contribution >= 0.6 is 11.6 Å². The van der Waals surface area contributed by atoms with Crippen molar-refractivity contribution < 1.29 is 14.5 Å². The van der Waals surface area contributed by atoms with Crippen molar-refractivity contribution in [2.75, 3.05) is 16.8 Å². The summed E-state index contributed by atoms with van der Waals surface area (Å²) in [6.45, 7) is 4.73. The van der Waals surface area contributed by atoms with Crippen LogP contribution in [0.4, 0.5) is 17.1 Å². The van der Waals surface area contributed by atoms with Crippen LogP contribution in [0, 0.1) is 16.0 Å². The van der Waals surface area contributed by atoms with Crippen molar-refractivity contribution in [2.45, 2.75) is 26.7 Å². The van der Waals surface area contributed by atoms with Crippen LogP contribution in [-0.2, 0) is 11.2 Å². The van der Waals surface area contributed by atoms with E-state index in [2.05, 4.69) is 5.32 Å². The molecule has 1 aliphatic heterocycles. The van der Waals surface area contributed by atoms with E-state index in [1.54, 1.807) is 17.0 Å². The van der Waals surface area contributed by atoms with Crippen LogP contribution in [0.15, 0.2) is 36.4 Å². The molecule has 0 radical (unpaired) electrons. The predicted molar refractivity (Wildman–Crippen MR) is 108 cm³/mol. The quantitative estimate of drug-likeness (QED) is 0.592. The maximum atomic E-state index is 12.6. The molecule has 1 N–H and O–H groups in total. The van der Waals surface area contributed by atoms with E-state index in [9.17, 15) is 19.7 Å². The minimum atomic E-state index is -0.618. The average molecular weight is 402 g/mol. The van der Waals surface area contributed by atoms with Crippen LogP contribution in [0.1, 0.15) is 36.2 Å². The number of rotatable bonds is 5. The van der Waals surface area contributed by atoms with Gasteiger partial charge < -0.3 is 10.2 Å². The van der Waals surface area contributed by atoms with Crippen LogP contribution in [-0.4, -0.2) is 23.3 Å². The van der Waals surface area contributed by atoms with Gasteiger partial charge in [0.05, 0.1) is 4.92 Å². The molecule has 1 aliphatic rings. The molecule has 0 fully saturated rings. The lowest BCUT2D eigenvalue weighted by Gasteiger charge is -2.31. The molecule has 0 saturated heterocycles. The van der Waals surface area contributed by atoms with Crippen molar-refractivity contribution in [3.05, 3.63) is 62.7 Å². The van der Waals surface area contributed by atoms with Gasteiger partial charge in [-0.3, -0.25) is 19.7 Å². The van der Waals surface area contributed by atoms with Gasteiger partial charge in [0.15, 0.2) is 0 Å². The van der Waals surface area contributed by atoms with Gasteiger partial charge in [-0.25, -0.2) is 0 Å². The highest BCUT2D eigenvalue weighted by Gasteiger charge is 2.26. The van der Waals surface area contributed by atoms with Gasteiger partial charge in [0.2, 0.25) is 5.91 Å². The zero-order valence-corrected chi connectivity index (χ0v) is 16.3. The van der Waals surface area contributed by atoms with E-state index in [1.165, 1.54) is 18.2 Å². The fraction of sp³-hybridized carbons (Fsp3) is 0.300. The lowest BCUT2D eigenvalue weighted by atomic mass is 9.99. The van der Waals surface area contributed by atoms with Crippen LogP contribution in [0.3, 0.4) is 0 Å². The Morgan fingerprint density at radius 1 is 1.25 bits per heavy atom. The molecular weight excluding hydrogens is 382 g/mol. The molecule has 0 atom stereocenters. The molecule has 0 saturated carbocycles. The number of anilines is 2. The Morgan fingerprint density at radius 2 is 2.00 bits per heavy atom. The second kappa shape index (κ2) is 7.98. The smallest absolute Gasteiger partial charge is 0.282 e. The largest absolute Gasteiger partial charge is 0.322 e. The van der Waals surface area contributed by atoms with Gasteiger partial charge in [-0.2, -0.15) is 0 Å². The molecule has 0 aliphatic carbocycles. The molecule has 7 nitrogen and oxygen atoms in total. The summed E-state index contributed by atoms with van der Waals surface area (Å²) in [7, 11) is 0. The molecule has 3 rings (SSSR count). The number of benzene rings is 2. The van der Waals surface area contributed by atoms with E-state index < -0.39 is 10.8 Å². The zero-order valence-electron chi connectivity index (χ0n) is 15.6. The Hall–Kier alpha value is -2.93. The van der Waals surface area contributed by atoms with Crippen LogP contribution in [0.2, 0.25) is 5.02 Å². The Morgan fingerprint density at radius 3 is 2.68 bits per heavy atom. The SMILES string of the molecule is CC(C)CN1C(=O)CCc2cc(NC(=O)c3cc(Cl)ccc3[N+](=O)[O-])ccc21. The molecule has 146 valence electrons. The lowest BCUT2D eigenvalue weighted by molar-refractivity contribution is -0.385. The summed E-state index contributed by atoms with van der Waals surface area (Å²) in [5.74, 6) is -0.190. The van der Waals surface area contributed by atoms with Gasteiger partial charge in [0.1, 0.15) is 5.56 Å². The highest BCUT2D eigenvalue weighted by atomic mass is 35.5. The summed E-state index contributed by atoms with van der Waals surface area (Å²) in [6, 6.07) is 9.16. The Kier molecular flexibility index (Phi) is 5.65. The zero-order chi connectivity index (χ0) is 20.4. The maximum absolute atomic E-state index is 12.6. The molecule has 2 aromatic rings. The van der Waals surface area contributed by atoms with E-state index in [-0.39, 0.29) is 22.2 Å². The van der Waals surface area contributed by atoms with Crippen molar-refractivity contribution in [1.82, 2.24) is 0 Å². The fourth-order valence-corrected chi connectivity index (χ4v) is 3.42. The number of nitrogens with one attached hydrogen (secondary N) is 1. The van der Waals surface area contributed by atoms with Gasteiger partial charge in [0.25, 0.3) is 11.6 Å². The lowest BCUT2D eigenvalue weighted by Crippen LogP contribution is -2.37. The van der Waals surface area contributed by atoms with Crippen LogP contribution in [0.25, 0.3) is 0 Å². The number of aryl methyl sites for hydroxylation is 1. The summed E-state index contributed by atoms with van der Waals surface area (Å²) in [4.78, 5) is 37.2.